The number of hydrogen-bond donors (Lipinski definition) is 2. The molecule has 0 spiro atoms. The van der Waals surface area contributed by atoms with Gasteiger partial charge in [0, 0.05) is 42.7 Å². The van der Waals surface area contributed by atoms with Crippen LogP contribution in [0, 0.1) is 0 Å². The minimum absolute atomic E-state index is 0.334. The van der Waals surface area contributed by atoms with Crippen LogP contribution >= 0.6 is 11.3 Å². The molecule has 3 rings (SSSR count). The van der Waals surface area contributed by atoms with E-state index in [9.17, 15) is 0 Å². The summed E-state index contributed by atoms with van der Waals surface area (Å²) in [5, 5.41) is 2.22. The van der Waals surface area contributed by atoms with Crippen molar-refractivity contribution in [3.63, 3.8) is 0 Å². The van der Waals surface area contributed by atoms with E-state index in [1.807, 2.05) is 30.8 Å². The lowest BCUT2D eigenvalue weighted by molar-refractivity contribution is 0.377. The first-order valence-corrected chi connectivity index (χ1v) is 8.16. The van der Waals surface area contributed by atoms with Crippen LogP contribution in [-0.2, 0) is 19.9 Å². The highest BCUT2D eigenvalue weighted by Gasteiger charge is 2.28. The van der Waals surface area contributed by atoms with Crippen LogP contribution in [0.2, 0.25) is 0 Å². The molecule has 0 saturated carbocycles. The Morgan fingerprint density at radius 2 is 2.50 bits per heavy atom. The van der Waals surface area contributed by atoms with Crippen molar-refractivity contribution in [1.82, 2.24) is 15.0 Å². The number of rotatable bonds is 5. The van der Waals surface area contributed by atoms with Gasteiger partial charge in [-0.15, -0.1) is 11.3 Å². The van der Waals surface area contributed by atoms with Gasteiger partial charge >= 0.3 is 0 Å². The summed E-state index contributed by atoms with van der Waals surface area (Å²) in [6, 6.07) is 2.62. The maximum absolute atomic E-state index is 5.83. The molecule has 2 heterocycles. The SMILES string of the molecule is Cn1ccnc1CCC(NN)C1CCCc2sccc21. The number of imidazole rings is 1. The van der Waals surface area contributed by atoms with E-state index in [0.29, 0.717) is 12.0 Å². The fourth-order valence-electron chi connectivity index (χ4n) is 3.26. The third-order valence-electron chi connectivity index (χ3n) is 4.40. The van der Waals surface area contributed by atoms with Crippen molar-refractivity contribution in [2.24, 2.45) is 12.9 Å². The van der Waals surface area contributed by atoms with Crippen LogP contribution in [-0.4, -0.2) is 15.6 Å². The fraction of sp³-hybridized carbons (Fsp3) is 0.533. The molecule has 0 saturated heterocycles. The van der Waals surface area contributed by atoms with Crippen LogP contribution in [0.3, 0.4) is 0 Å². The molecule has 0 fully saturated rings. The van der Waals surface area contributed by atoms with Gasteiger partial charge in [-0.1, -0.05) is 0 Å². The van der Waals surface area contributed by atoms with Crippen molar-refractivity contribution in [2.75, 3.05) is 0 Å². The van der Waals surface area contributed by atoms with Crippen LogP contribution in [0.15, 0.2) is 23.8 Å². The maximum atomic E-state index is 5.83. The van der Waals surface area contributed by atoms with Crippen LogP contribution < -0.4 is 11.3 Å². The quantitative estimate of drug-likeness (QED) is 0.656. The minimum Gasteiger partial charge on any atom is -0.338 e. The number of aryl methyl sites for hydroxylation is 3. The van der Waals surface area contributed by atoms with Crippen LogP contribution in [0.1, 0.15) is 41.4 Å². The van der Waals surface area contributed by atoms with Gasteiger partial charge in [-0.05, 0) is 42.7 Å². The molecule has 3 N–H and O–H groups in total. The Kier molecular flexibility index (Phi) is 4.19. The van der Waals surface area contributed by atoms with Crippen molar-refractivity contribution in [1.29, 1.82) is 0 Å². The van der Waals surface area contributed by atoms with Crippen molar-refractivity contribution in [3.8, 4) is 0 Å². The molecule has 0 radical (unpaired) electrons. The number of hydrazine groups is 1. The van der Waals surface area contributed by atoms with E-state index in [1.165, 1.54) is 24.8 Å². The monoisotopic (exact) mass is 290 g/mol. The van der Waals surface area contributed by atoms with E-state index in [0.717, 1.165) is 18.7 Å². The van der Waals surface area contributed by atoms with Gasteiger partial charge in [0.2, 0.25) is 0 Å². The van der Waals surface area contributed by atoms with Gasteiger partial charge in [0.15, 0.2) is 0 Å². The lowest BCUT2D eigenvalue weighted by Gasteiger charge is -2.30. The maximum Gasteiger partial charge on any atom is 0.108 e. The first kappa shape index (κ1) is 13.8. The molecule has 1 aliphatic carbocycles. The molecule has 2 aromatic rings. The summed E-state index contributed by atoms with van der Waals surface area (Å²) in [4.78, 5) is 5.95. The van der Waals surface area contributed by atoms with E-state index in [1.54, 1.807) is 4.88 Å². The lowest BCUT2D eigenvalue weighted by atomic mass is 9.81. The Balaban J connectivity index is 1.70. The zero-order chi connectivity index (χ0) is 13.9. The molecule has 2 aromatic heterocycles. The van der Waals surface area contributed by atoms with Gasteiger partial charge in [-0.2, -0.15) is 0 Å². The van der Waals surface area contributed by atoms with Gasteiger partial charge in [-0.3, -0.25) is 11.3 Å². The van der Waals surface area contributed by atoms with Crippen LogP contribution in [0.25, 0.3) is 0 Å². The van der Waals surface area contributed by atoms with Crippen molar-refractivity contribution in [3.05, 3.63) is 40.1 Å². The number of thiophene rings is 1. The number of fused-ring (bicyclic) bond motifs is 1. The minimum atomic E-state index is 0.334. The molecular formula is C15H22N4S. The number of aromatic nitrogens is 2. The molecule has 2 unspecified atom stereocenters. The first-order chi connectivity index (χ1) is 9.79. The molecule has 20 heavy (non-hydrogen) atoms. The highest BCUT2D eigenvalue weighted by Crippen LogP contribution is 2.37. The predicted octanol–water partition coefficient (Wildman–Crippen LogP) is 2.37. The number of nitrogens with one attached hydrogen (secondary N) is 1. The number of nitrogens with zero attached hydrogens (tertiary/aromatic N) is 2. The van der Waals surface area contributed by atoms with E-state index in [2.05, 4.69) is 26.4 Å². The summed E-state index contributed by atoms with van der Waals surface area (Å²) in [6.45, 7) is 0. The summed E-state index contributed by atoms with van der Waals surface area (Å²) >= 11 is 1.89. The normalized spacial score (nSPS) is 19.8. The smallest absolute Gasteiger partial charge is 0.108 e. The molecule has 108 valence electrons. The third kappa shape index (κ3) is 2.66. The van der Waals surface area contributed by atoms with Gasteiger partial charge in [0.1, 0.15) is 5.82 Å². The number of nitrogens with two attached hydrogens (primary N) is 1. The Morgan fingerprint density at radius 3 is 3.25 bits per heavy atom. The zero-order valence-corrected chi connectivity index (χ0v) is 12.7. The molecule has 2 atom stereocenters. The molecular weight excluding hydrogens is 268 g/mol. The highest BCUT2D eigenvalue weighted by atomic mass is 32.1. The van der Waals surface area contributed by atoms with E-state index in [-0.39, 0.29) is 0 Å². The largest absolute Gasteiger partial charge is 0.338 e. The topological polar surface area (TPSA) is 55.9 Å². The molecule has 0 aromatic carbocycles. The molecule has 0 bridgehead atoms. The lowest BCUT2D eigenvalue weighted by Crippen LogP contribution is -2.41. The van der Waals surface area contributed by atoms with Crippen LogP contribution in [0.5, 0.6) is 0 Å². The summed E-state index contributed by atoms with van der Waals surface area (Å²) in [5.74, 6) is 7.52. The average Bonchev–Trinajstić information content (AvgIpc) is 3.09. The zero-order valence-electron chi connectivity index (χ0n) is 11.9. The third-order valence-corrected chi connectivity index (χ3v) is 5.39. The summed E-state index contributed by atoms with van der Waals surface area (Å²) in [7, 11) is 2.05. The standard InChI is InChI=1S/C15H22N4S/c1-19-9-8-17-15(19)6-5-13(18-16)11-3-2-4-14-12(11)7-10-20-14/h7-11,13,18H,2-6,16H2,1H3. The Morgan fingerprint density at radius 1 is 1.60 bits per heavy atom. The molecule has 1 aliphatic rings. The second-order valence-corrected chi connectivity index (χ2v) is 6.56. The van der Waals surface area contributed by atoms with E-state index < -0.39 is 0 Å². The number of hydrogen-bond acceptors (Lipinski definition) is 4. The molecule has 5 heteroatoms. The van der Waals surface area contributed by atoms with Crippen LogP contribution in [0.4, 0.5) is 0 Å². The summed E-state index contributed by atoms with van der Waals surface area (Å²) < 4.78 is 2.09. The van der Waals surface area contributed by atoms with E-state index >= 15 is 0 Å². The van der Waals surface area contributed by atoms with Crippen molar-refractivity contribution >= 4 is 11.3 Å². The van der Waals surface area contributed by atoms with E-state index in [4.69, 9.17) is 5.84 Å². The Hall–Kier alpha value is -1.17. The Labute approximate surface area is 124 Å². The summed E-state index contributed by atoms with van der Waals surface area (Å²) in [6.07, 6.45) is 9.60. The van der Waals surface area contributed by atoms with Crippen molar-refractivity contribution < 1.29 is 0 Å². The molecule has 4 nitrogen and oxygen atoms in total. The highest BCUT2D eigenvalue weighted by molar-refractivity contribution is 7.10. The van der Waals surface area contributed by atoms with Crippen molar-refractivity contribution in [2.45, 2.75) is 44.1 Å². The molecule has 0 aliphatic heterocycles. The van der Waals surface area contributed by atoms with Gasteiger partial charge in [-0.25, -0.2) is 4.98 Å². The summed E-state index contributed by atoms with van der Waals surface area (Å²) in [5.41, 5.74) is 4.57. The van der Waals surface area contributed by atoms with Gasteiger partial charge in [0.05, 0.1) is 0 Å². The van der Waals surface area contributed by atoms with Gasteiger partial charge < -0.3 is 4.57 Å². The Bertz CT molecular complexity index is 560. The predicted molar refractivity (Wildman–Crippen MR) is 82.6 cm³/mol. The van der Waals surface area contributed by atoms with Gasteiger partial charge in [0.25, 0.3) is 0 Å². The second-order valence-electron chi connectivity index (χ2n) is 5.56. The fourth-order valence-corrected chi connectivity index (χ4v) is 4.26. The molecule has 0 amide bonds. The first-order valence-electron chi connectivity index (χ1n) is 7.28. The second kappa shape index (κ2) is 6.08. The average molecular weight is 290 g/mol.